The van der Waals surface area contributed by atoms with Crippen LogP contribution >= 0.6 is 0 Å². The molecular weight excluding hydrogens is 344 g/mol. The highest BCUT2D eigenvalue weighted by molar-refractivity contribution is 5.98. The van der Waals surface area contributed by atoms with Gasteiger partial charge in [-0.25, -0.2) is 9.97 Å². The van der Waals surface area contributed by atoms with E-state index in [0.717, 1.165) is 28.8 Å². The zero-order valence-electron chi connectivity index (χ0n) is 14.6. The van der Waals surface area contributed by atoms with Crippen LogP contribution in [0.1, 0.15) is 10.4 Å². The van der Waals surface area contributed by atoms with E-state index in [-0.39, 0.29) is 5.91 Å². The number of aromatic nitrogens is 4. The molecule has 2 aromatic carbocycles. The Morgan fingerprint density at radius 3 is 3.11 bits per heavy atom. The number of carbonyl (C=O) groups is 1. The molecule has 0 unspecified atom stereocenters. The number of para-hydroxylation sites is 1. The number of aromatic amines is 1. The fourth-order valence-electron chi connectivity index (χ4n) is 3.40. The Bertz CT molecular complexity index is 1270. The van der Waals surface area contributed by atoms with E-state index in [9.17, 15) is 4.79 Å². The summed E-state index contributed by atoms with van der Waals surface area (Å²) in [6.45, 7) is 1.45. The lowest BCUT2D eigenvalue weighted by atomic mass is 10.2. The van der Waals surface area contributed by atoms with E-state index in [4.69, 9.17) is 4.74 Å². The van der Waals surface area contributed by atoms with Gasteiger partial charge in [0.2, 0.25) is 5.62 Å². The highest BCUT2D eigenvalue weighted by atomic mass is 16.5. The van der Waals surface area contributed by atoms with Gasteiger partial charge in [-0.1, -0.05) is 6.07 Å². The van der Waals surface area contributed by atoms with Crippen molar-refractivity contribution >= 4 is 33.7 Å². The van der Waals surface area contributed by atoms with Crippen molar-refractivity contribution in [2.45, 2.75) is 6.54 Å². The number of carbonyl (C=O) groups excluding carboxylic acids is 1. The summed E-state index contributed by atoms with van der Waals surface area (Å²) >= 11 is 0. The lowest BCUT2D eigenvalue weighted by Crippen LogP contribution is -2.25. The topological polar surface area (TPSA) is 97.2 Å². The van der Waals surface area contributed by atoms with Crippen LogP contribution in [0.3, 0.4) is 0 Å². The van der Waals surface area contributed by atoms with Gasteiger partial charge in [0.1, 0.15) is 17.1 Å². The number of benzene rings is 2. The van der Waals surface area contributed by atoms with Gasteiger partial charge < -0.3 is 15.0 Å². The minimum absolute atomic E-state index is 0.352. The van der Waals surface area contributed by atoms with Crippen LogP contribution in [0.4, 0.5) is 5.82 Å². The first-order chi connectivity index (χ1) is 13.2. The number of amides is 1. The number of rotatable bonds is 2. The van der Waals surface area contributed by atoms with Gasteiger partial charge in [0.15, 0.2) is 0 Å². The number of nitrogens with zero attached hydrogens (tertiary/aromatic N) is 4. The molecule has 0 aliphatic carbocycles. The number of hydrogen-bond acceptors (Lipinski definition) is 5. The minimum Gasteiger partial charge on any atom is -0.494 e. The van der Waals surface area contributed by atoms with E-state index < -0.39 is 0 Å². The molecule has 1 amide bonds. The summed E-state index contributed by atoms with van der Waals surface area (Å²) in [6, 6.07) is 11.0. The lowest BCUT2D eigenvalue weighted by molar-refractivity contribution is 0.0996. The SMILES string of the molecule is COc1cccc2c3n(c(=NC(=O)c4ccc5nc[nH]c5c4)nc12)CCN3. The molecule has 4 aromatic rings. The summed E-state index contributed by atoms with van der Waals surface area (Å²) in [7, 11) is 1.60. The van der Waals surface area contributed by atoms with Crippen LogP contribution in [0.15, 0.2) is 47.7 Å². The van der Waals surface area contributed by atoms with Crippen molar-refractivity contribution in [3.63, 3.8) is 0 Å². The molecule has 2 N–H and O–H groups in total. The molecule has 134 valence electrons. The van der Waals surface area contributed by atoms with E-state index >= 15 is 0 Å². The molecule has 0 bridgehead atoms. The number of methoxy groups -OCH3 is 1. The summed E-state index contributed by atoms with van der Waals surface area (Å²) in [5, 5.41) is 4.29. The van der Waals surface area contributed by atoms with Gasteiger partial charge in [0.25, 0.3) is 5.91 Å². The maximum absolute atomic E-state index is 12.8. The number of hydrogen-bond donors (Lipinski definition) is 2. The summed E-state index contributed by atoms with van der Waals surface area (Å²) < 4.78 is 7.36. The second kappa shape index (κ2) is 5.94. The Labute approximate surface area is 153 Å². The minimum atomic E-state index is -0.352. The lowest BCUT2D eigenvalue weighted by Gasteiger charge is -2.10. The van der Waals surface area contributed by atoms with Crippen LogP contribution in [0.25, 0.3) is 21.9 Å². The molecule has 3 heterocycles. The standard InChI is InChI=1S/C19H16N6O2/c1-27-15-4-2-3-12-16(15)23-19(25-8-7-20-17(12)25)24-18(26)11-5-6-13-14(9-11)22-10-21-13/h2-6,9-10,20H,7-8H2,1H3,(H,21,22). The fourth-order valence-corrected chi connectivity index (χ4v) is 3.40. The highest BCUT2D eigenvalue weighted by Crippen LogP contribution is 2.29. The van der Waals surface area contributed by atoms with E-state index in [2.05, 4.69) is 25.3 Å². The molecule has 8 nitrogen and oxygen atoms in total. The fraction of sp³-hybridized carbons (Fsp3) is 0.158. The number of ether oxygens (including phenoxy) is 1. The van der Waals surface area contributed by atoms with Crippen molar-refractivity contribution in [2.24, 2.45) is 4.99 Å². The molecule has 8 heteroatoms. The van der Waals surface area contributed by atoms with E-state index in [1.54, 1.807) is 31.6 Å². The Morgan fingerprint density at radius 2 is 2.22 bits per heavy atom. The van der Waals surface area contributed by atoms with Gasteiger partial charge in [0.05, 0.1) is 24.5 Å². The van der Waals surface area contributed by atoms with Crippen LogP contribution in [0.5, 0.6) is 5.75 Å². The highest BCUT2D eigenvalue weighted by Gasteiger charge is 2.18. The number of nitrogens with one attached hydrogen (secondary N) is 2. The van der Waals surface area contributed by atoms with Crippen LogP contribution < -0.4 is 15.7 Å². The predicted molar refractivity (Wildman–Crippen MR) is 101 cm³/mol. The summed E-state index contributed by atoms with van der Waals surface area (Å²) in [5.41, 5.74) is 3.12. The van der Waals surface area contributed by atoms with E-state index in [1.807, 2.05) is 22.8 Å². The van der Waals surface area contributed by atoms with Crippen molar-refractivity contribution < 1.29 is 9.53 Å². The predicted octanol–water partition coefficient (Wildman–Crippen LogP) is 2.09. The Hall–Kier alpha value is -3.68. The first-order valence-corrected chi connectivity index (χ1v) is 8.58. The first kappa shape index (κ1) is 15.6. The molecular formula is C19H16N6O2. The van der Waals surface area contributed by atoms with Gasteiger partial charge in [-0.2, -0.15) is 4.99 Å². The van der Waals surface area contributed by atoms with Crippen LogP contribution in [0.2, 0.25) is 0 Å². The third-order valence-corrected chi connectivity index (χ3v) is 4.69. The van der Waals surface area contributed by atoms with E-state index in [1.165, 1.54) is 0 Å². The quantitative estimate of drug-likeness (QED) is 0.570. The normalized spacial score (nSPS) is 13.7. The zero-order valence-corrected chi connectivity index (χ0v) is 14.6. The van der Waals surface area contributed by atoms with Gasteiger partial charge in [0, 0.05) is 24.0 Å². The summed E-state index contributed by atoms with van der Waals surface area (Å²) in [5.74, 6) is 1.19. The van der Waals surface area contributed by atoms with Crippen molar-refractivity contribution in [3.05, 3.63) is 53.9 Å². The molecule has 0 fully saturated rings. The van der Waals surface area contributed by atoms with Gasteiger partial charge in [-0.3, -0.25) is 9.36 Å². The van der Waals surface area contributed by atoms with Crippen molar-refractivity contribution in [2.75, 3.05) is 19.0 Å². The second-order valence-electron chi connectivity index (χ2n) is 6.25. The van der Waals surface area contributed by atoms with Crippen molar-refractivity contribution in [3.8, 4) is 5.75 Å². The number of anilines is 1. The number of fused-ring (bicyclic) bond motifs is 4. The second-order valence-corrected chi connectivity index (χ2v) is 6.25. The average Bonchev–Trinajstić information content (AvgIpc) is 3.36. The maximum atomic E-state index is 12.8. The molecule has 27 heavy (non-hydrogen) atoms. The van der Waals surface area contributed by atoms with Gasteiger partial charge >= 0.3 is 0 Å². The van der Waals surface area contributed by atoms with Crippen molar-refractivity contribution in [1.29, 1.82) is 0 Å². The molecule has 0 saturated carbocycles. The van der Waals surface area contributed by atoms with Gasteiger partial charge in [-0.05, 0) is 30.3 Å². The maximum Gasteiger partial charge on any atom is 0.280 e. The third-order valence-electron chi connectivity index (χ3n) is 4.69. The molecule has 0 atom stereocenters. The third kappa shape index (κ3) is 2.45. The number of H-pyrrole nitrogens is 1. The van der Waals surface area contributed by atoms with Crippen LogP contribution in [-0.4, -0.2) is 39.1 Å². The molecule has 0 radical (unpaired) electrons. The molecule has 1 aliphatic heterocycles. The average molecular weight is 360 g/mol. The molecule has 2 aromatic heterocycles. The smallest absolute Gasteiger partial charge is 0.280 e. The van der Waals surface area contributed by atoms with Crippen molar-refractivity contribution in [1.82, 2.24) is 19.5 Å². The molecule has 0 spiro atoms. The summed E-state index contributed by atoms with van der Waals surface area (Å²) in [6.07, 6.45) is 1.60. The molecule has 1 aliphatic rings. The largest absolute Gasteiger partial charge is 0.494 e. The number of imidazole rings is 1. The Morgan fingerprint density at radius 1 is 1.30 bits per heavy atom. The van der Waals surface area contributed by atoms with E-state index in [0.29, 0.717) is 29.0 Å². The van der Waals surface area contributed by atoms with Crippen LogP contribution in [-0.2, 0) is 6.54 Å². The first-order valence-electron chi connectivity index (χ1n) is 8.58. The zero-order chi connectivity index (χ0) is 18.4. The Kier molecular flexibility index (Phi) is 3.43. The molecule has 5 rings (SSSR count). The monoisotopic (exact) mass is 360 g/mol. The van der Waals surface area contributed by atoms with Gasteiger partial charge in [-0.15, -0.1) is 0 Å². The molecule has 0 saturated heterocycles. The summed E-state index contributed by atoms with van der Waals surface area (Å²) in [4.78, 5) is 28.9. The Balaban J connectivity index is 1.70. The van der Waals surface area contributed by atoms with Crippen LogP contribution in [0, 0.1) is 0 Å².